The molecule has 0 bridgehead atoms. The summed E-state index contributed by atoms with van der Waals surface area (Å²) >= 11 is 0. The van der Waals surface area contributed by atoms with Crippen LogP contribution in [0.4, 0.5) is 11.5 Å². The van der Waals surface area contributed by atoms with Gasteiger partial charge in [0, 0.05) is 63.8 Å². The molecule has 13 heteroatoms. The van der Waals surface area contributed by atoms with Crippen LogP contribution in [0.1, 0.15) is 36.1 Å². The number of allylic oxidation sites excluding steroid dienone is 1. The van der Waals surface area contributed by atoms with Crippen molar-refractivity contribution in [2.45, 2.75) is 19.3 Å². The Bertz CT molecular complexity index is 1660. The van der Waals surface area contributed by atoms with Gasteiger partial charge in [0.2, 0.25) is 11.8 Å². The Hall–Kier alpha value is -5.17. The van der Waals surface area contributed by atoms with Crippen LogP contribution in [0.3, 0.4) is 0 Å². The number of carbonyl (C=O) groups excluding carboxylic acids is 2. The number of carbonyl (C=O) groups is 2. The maximum absolute atomic E-state index is 13.8. The Labute approximate surface area is 268 Å². The van der Waals surface area contributed by atoms with Crippen molar-refractivity contribution in [1.82, 2.24) is 14.8 Å². The Balaban J connectivity index is 1.19. The molecule has 46 heavy (non-hydrogen) atoms. The van der Waals surface area contributed by atoms with E-state index in [9.17, 15) is 9.59 Å². The summed E-state index contributed by atoms with van der Waals surface area (Å²) in [6.07, 6.45) is 8.22. The zero-order chi connectivity index (χ0) is 32.8. The van der Waals surface area contributed by atoms with Gasteiger partial charge in [-0.05, 0) is 49.1 Å². The number of aliphatic imine (C=N–C) groups is 3. The van der Waals surface area contributed by atoms with E-state index in [2.05, 4.69) is 30.9 Å². The van der Waals surface area contributed by atoms with E-state index in [1.807, 2.05) is 29.2 Å². The summed E-state index contributed by atoms with van der Waals surface area (Å²) < 4.78 is 0. The number of rotatable bonds is 9. The number of likely N-dealkylation sites (tertiary alicyclic amines) is 1. The van der Waals surface area contributed by atoms with Gasteiger partial charge < -0.3 is 27.5 Å². The number of benzene rings is 1. The quantitative estimate of drug-likeness (QED) is 0.241. The molecule has 7 N–H and O–H groups in total. The minimum absolute atomic E-state index is 0.00120. The number of amides is 2. The molecule has 2 saturated heterocycles. The standard InChI is InChI=1S/C33H41N11O2/c1-38-18-25(17-34)29(36)30-26(35)7-8-27(41-30)44-16-12-33(32(44)46)11-15-42(20-33)19-28(45)43-13-9-23(10-14-43)22-3-5-24(6-4-22)31(37)40-21-39-2/h3-9,17-18,21,34H,10-16,19-20,35-36H2,1-2H3,(H2,37,39,40)/b29-25+,34-17?,38-18?/t33-/m0/s1. The molecule has 1 aromatic heterocycles. The minimum Gasteiger partial charge on any atom is -0.397 e. The Morgan fingerprint density at radius 3 is 2.50 bits per heavy atom. The van der Waals surface area contributed by atoms with Crippen molar-refractivity contribution in [3.8, 4) is 0 Å². The number of nitrogen functional groups attached to an aromatic ring is 1. The lowest BCUT2D eigenvalue weighted by Crippen LogP contribution is -2.43. The third-order valence-corrected chi connectivity index (χ3v) is 8.91. The van der Waals surface area contributed by atoms with Gasteiger partial charge in [-0.15, -0.1) is 0 Å². The van der Waals surface area contributed by atoms with Gasteiger partial charge in [-0.25, -0.2) is 9.98 Å². The summed E-state index contributed by atoms with van der Waals surface area (Å²) in [6, 6.07) is 11.3. The van der Waals surface area contributed by atoms with Crippen molar-refractivity contribution in [2.75, 3.05) is 64.0 Å². The highest BCUT2D eigenvalue weighted by molar-refractivity contribution is 6.10. The van der Waals surface area contributed by atoms with Crippen molar-refractivity contribution in [1.29, 1.82) is 5.41 Å². The first kappa shape index (κ1) is 32.2. The van der Waals surface area contributed by atoms with Gasteiger partial charge >= 0.3 is 0 Å². The topological polar surface area (TPSA) is 196 Å². The molecule has 2 aromatic rings. The van der Waals surface area contributed by atoms with Crippen molar-refractivity contribution in [3.05, 3.63) is 64.9 Å². The van der Waals surface area contributed by atoms with Gasteiger partial charge in [-0.2, -0.15) is 0 Å². The molecule has 4 heterocycles. The average molecular weight is 624 g/mol. The van der Waals surface area contributed by atoms with Gasteiger partial charge in [0.25, 0.3) is 0 Å². The molecule has 1 aromatic carbocycles. The minimum atomic E-state index is -0.557. The summed E-state index contributed by atoms with van der Waals surface area (Å²) in [4.78, 5) is 49.2. The molecule has 1 atom stereocenters. The van der Waals surface area contributed by atoms with E-state index in [0.29, 0.717) is 74.2 Å². The van der Waals surface area contributed by atoms with Gasteiger partial charge in [0.15, 0.2) is 0 Å². The number of anilines is 2. The fourth-order valence-corrected chi connectivity index (χ4v) is 6.30. The van der Waals surface area contributed by atoms with Crippen LogP contribution in [-0.4, -0.2) is 105 Å². The lowest BCUT2D eigenvalue weighted by Gasteiger charge is -2.29. The second kappa shape index (κ2) is 13.9. The fourth-order valence-electron chi connectivity index (χ4n) is 6.30. The predicted molar refractivity (Wildman–Crippen MR) is 184 cm³/mol. The second-order valence-electron chi connectivity index (χ2n) is 11.7. The summed E-state index contributed by atoms with van der Waals surface area (Å²) in [6.45, 7) is 3.19. The molecule has 3 aliphatic rings. The molecule has 0 unspecified atom stereocenters. The molecule has 13 nitrogen and oxygen atoms in total. The average Bonchev–Trinajstić information content (AvgIpc) is 3.64. The smallest absolute Gasteiger partial charge is 0.237 e. The van der Waals surface area contributed by atoms with Crippen LogP contribution in [0.2, 0.25) is 0 Å². The van der Waals surface area contributed by atoms with E-state index in [-0.39, 0.29) is 24.1 Å². The molecular formula is C33H41N11O2. The molecule has 0 radical (unpaired) electrons. The van der Waals surface area contributed by atoms with Crippen LogP contribution in [0.15, 0.2) is 63.0 Å². The summed E-state index contributed by atoms with van der Waals surface area (Å²) in [7, 11) is 3.23. The van der Waals surface area contributed by atoms with E-state index in [1.54, 1.807) is 31.1 Å². The third-order valence-electron chi connectivity index (χ3n) is 8.91. The predicted octanol–water partition coefficient (Wildman–Crippen LogP) is 1.79. The van der Waals surface area contributed by atoms with Crippen molar-refractivity contribution in [3.63, 3.8) is 0 Å². The van der Waals surface area contributed by atoms with Crippen LogP contribution in [0, 0.1) is 10.8 Å². The number of pyridine rings is 1. The van der Waals surface area contributed by atoms with Crippen molar-refractivity contribution in [2.24, 2.45) is 31.9 Å². The van der Waals surface area contributed by atoms with Crippen LogP contribution in [0.5, 0.6) is 0 Å². The number of hydrogen-bond acceptors (Lipinski definition) is 9. The molecule has 0 saturated carbocycles. The maximum atomic E-state index is 13.8. The van der Waals surface area contributed by atoms with E-state index in [0.717, 1.165) is 23.8 Å². The number of nitrogens with two attached hydrogens (primary N) is 3. The summed E-state index contributed by atoms with van der Waals surface area (Å²) in [5.74, 6) is 0.942. The molecule has 3 aliphatic heterocycles. The molecule has 1 spiro atoms. The highest BCUT2D eigenvalue weighted by atomic mass is 16.2. The summed E-state index contributed by atoms with van der Waals surface area (Å²) in [5, 5.41) is 7.65. The monoisotopic (exact) mass is 623 g/mol. The van der Waals surface area contributed by atoms with Crippen molar-refractivity contribution >= 4 is 59.2 Å². The first-order valence-electron chi connectivity index (χ1n) is 15.2. The maximum Gasteiger partial charge on any atom is 0.237 e. The van der Waals surface area contributed by atoms with Crippen LogP contribution in [0.25, 0.3) is 11.3 Å². The van der Waals surface area contributed by atoms with Gasteiger partial charge in [0.05, 0.1) is 23.3 Å². The second-order valence-corrected chi connectivity index (χ2v) is 11.7. The Morgan fingerprint density at radius 1 is 1.07 bits per heavy atom. The SMILES string of the molecule is CN=CN=C(N)c1ccc(C2=CCN(C(=O)CN3CC[C@]4(CCN(c5ccc(N)c(/C(N)=C(/C=N)C=NC)n5)C4=O)C3)CC2)cc1. The van der Waals surface area contributed by atoms with Crippen LogP contribution >= 0.6 is 0 Å². The third kappa shape index (κ3) is 6.59. The van der Waals surface area contributed by atoms with Crippen LogP contribution in [-0.2, 0) is 9.59 Å². The number of amidine groups is 1. The van der Waals surface area contributed by atoms with E-state index >= 15 is 0 Å². The van der Waals surface area contributed by atoms with Crippen molar-refractivity contribution < 1.29 is 9.59 Å². The van der Waals surface area contributed by atoms with E-state index in [1.165, 1.54) is 18.1 Å². The Morgan fingerprint density at radius 2 is 1.83 bits per heavy atom. The number of aromatic nitrogens is 1. The molecular weight excluding hydrogens is 582 g/mol. The zero-order valence-electron chi connectivity index (χ0n) is 26.3. The van der Waals surface area contributed by atoms with E-state index in [4.69, 9.17) is 22.6 Å². The summed E-state index contributed by atoms with van der Waals surface area (Å²) in [5.41, 5.74) is 22.3. The normalized spacial score (nSPS) is 21.5. The van der Waals surface area contributed by atoms with Gasteiger partial charge in [0.1, 0.15) is 23.7 Å². The number of nitrogens with one attached hydrogen (secondary N) is 1. The van der Waals surface area contributed by atoms with Crippen LogP contribution < -0.4 is 22.1 Å². The molecule has 0 aliphatic carbocycles. The first-order valence-corrected chi connectivity index (χ1v) is 15.2. The number of hydrogen-bond donors (Lipinski definition) is 4. The van der Waals surface area contributed by atoms with Gasteiger partial charge in [-0.1, -0.05) is 30.3 Å². The Kier molecular flexibility index (Phi) is 9.71. The number of nitrogens with zero attached hydrogens (tertiary/aromatic N) is 7. The molecule has 2 fully saturated rings. The highest BCUT2D eigenvalue weighted by Gasteiger charge is 2.51. The van der Waals surface area contributed by atoms with E-state index < -0.39 is 5.41 Å². The fraction of sp³-hybridized carbons (Fsp3) is 0.364. The molecule has 240 valence electrons. The zero-order valence-corrected chi connectivity index (χ0v) is 26.3. The van der Waals surface area contributed by atoms with Gasteiger partial charge in [-0.3, -0.25) is 29.4 Å². The first-order chi connectivity index (χ1) is 22.2. The molecule has 2 amide bonds. The lowest BCUT2D eigenvalue weighted by atomic mass is 9.85. The largest absolute Gasteiger partial charge is 0.397 e. The molecule has 5 rings (SSSR count). The highest BCUT2D eigenvalue weighted by Crippen LogP contribution is 2.42. The lowest BCUT2D eigenvalue weighted by molar-refractivity contribution is -0.132.